The summed E-state index contributed by atoms with van der Waals surface area (Å²) in [6.07, 6.45) is 4.44. The van der Waals surface area contributed by atoms with Gasteiger partial charge in [-0.25, -0.2) is 9.59 Å². The molecule has 0 fully saturated rings. The molecule has 2 aromatic heterocycles. The number of carbonyl (C=O) groups excluding carboxylic acids is 1. The van der Waals surface area contributed by atoms with Gasteiger partial charge in [0.05, 0.1) is 11.7 Å². The van der Waals surface area contributed by atoms with Gasteiger partial charge in [-0.2, -0.15) is 0 Å². The summed E-state index contributed by atoms with van der Waals surface area (Å²) in [4.78, 5) is 31.4. The highest BCUT2D eigenvalue weighted by molar-refractivity contribution is 5.85. The largest absolute Gasteiger partial charge is 0.480 e. The summed E-state index contributed by atoms with van der Waals surface area (Å²) >= 11 is 0. The third-order valence-electron chi connectivity index (χ3n) is 5.93. The number of aromatic amines is 1. The number of H-pyrrole nitrogens is 1. The fourth-order valence-electron chi connectivity index (χ4n) is 4.40. The van der Waals surface area contributed by atoms with Gasteiger partial charge >= 0.3 is 12.1 Å². The van der Waals surface area contributed by atoms with Gasteiger partial charge in [-0.05, 0) is 33.9 Å². The Bertz CT molecular complexity index is 1270. The van der Waals surface area contributed by atoms with Crippen molar-refractivity contribution in [1.29, 1.82) is 0 Å². The van der Waals surface area contributed by atoms with Crippen LogP contribution in [-0.2, 0) is 16.0 Å². The predicted octanol–water partition coefficient (Wildman–Crippen LogP) is 4.10. The number of fused-ring (bicyclic) bond motifs is 4. The Morgan fingerprint density at radius 1 is 1.06 bits per heavy atom. The van der Waals surface area contributed by atoms with Gasteiger partial charge in [0.1, 0.15) is 12.6 Å². The average molecular weight is 427 g/mol. The number of alkyl carbamates (subject to hydrolysis) is 1. The van der Waals surface area contributed by atoms with E-state index >= 15 is 0 Å². The molecule has 0 spiro atoms. The predicted molar refractivity (Wildman–Crippen MR) is 119 cm³/mol. The van der Waals surface area contributed by atoms with Crippen molar-refractivity contribution in [3.05, 3.63) is 89.9 Å². The molecule has 0 radical (unpaired) electrons. The maximum absolute atomic E-state index is 12.5. The lowest BCUT2D eigenvalue weighted by molar-refractivity contribution is -0.139. The molecule has 2 heterocycles. The zero-order chi connectivity index (χ0) is 22.1. The minimum absolute atomic E-state index is 0.0856. The van der Waals surface area contributed by atoms with Gasteiger partial charge in [0, 0.05) is 30.1 Å². The van der Waals surface area contributed by atoms with Crippen molar-refractivity contribution >= 4 is 23.0 Å². The zero-order valence-corrected chi connectivity index (χ0v) is 17.1. The Hall–Kier alpha value is -4.13. The number of hydrogen-bond donors (Lipinski definition) is 3. The normalized spacial score (nSPS) is 13.4. The van der Waals surface area contributed by atoms with Crippen LogP contribution in [0.2, 0.25) is 0 Å². The van der Waals surface area contributed by atoms with Crippen LogP contribution in [0.1, 0.15) is 22.6 Å². The van der Waals surface area contributed by atoms with E-state index in [9.17, 15) is 14.7 Å². The number of aliphatic carboxylic acids is 1. The molecular weight excluding hydrogens is 406 g/mol. The van der Waals surface area contributed by atoms with Crippen molar-refractivity contribution in [2.75, 3.05) is 6.61 Å². The van der Waals surface area contributed by atoms with Crippen LogP contribution < -0.4 is 5.32 Å². The monoisotopic (exact) mass is 427 g/mol. The maximum atomic E-state index is 12.5. The number of nitrogens with one attached hydrogen (secondary N) is 2. The summed E-state index contributed by atoms with van der Waals surface area (Å²) in [5, 5.41) is 13.0. The van der Waals surface area contributed by atoms with E-state index in [1.807, 2.05) is 42.5 Å². The van der Waals surface area contributed by atoms with Gasteiger partial charge in [0.2, 0.25) is 0 Å². The van der Waals surface area contributed by atoms with E-state index in [4.69, 9.17) is 4.74 Å². The van der Waals surface area contributed by atoms with Crippen molar-refractivity contribution in [1.82, 2.24) is 15.3 Å². The van der Waals surface area contributed by atoms with E-state index in [1.54, 1.807) is 18.6 Å². The van der Waals surface area contributed by atoms with Crippen molar-refractivity contribution in [3.63, 3.8) is 0 Å². The second-order valence-corrected chi connectivity index (χ2v) is 7.80. The number of ether oxygens (including phenoxy) is 1. The van der Waals surface area contributed by atoms with Crippen LogP contribution in [0.5, 0.6) is 0 Å². The third-order valence-corrected chi connectivity index (χ3v) is 5.93. The quantitative estimate of drug-likeness (QED) is 0.430. The van der Waals surface area contributed by atoms with E-state index in [1.165, 1.54) is 0 Å². The lowest BCUT2D eigenvalue weighted by Crippen LogP contribution is -2.42. The molecule has 1 aliphatic rings. The summed E-state index contributed by atoms with van der Waals surface area (Å²) in [5.41, 5.74) is 6.07. The molecule has 0 saturated heterocycles. The first-order valence-electron chi connectivity index (χ1n) is 10.4. The van der Waals surface area contributed by atoms with E-state index in [0.29, 0.717) is 0 Å². The molecule has 5 rings (SSSR count). The van der Waals surface area contributed by atoms with Gasteiger partial charge in [-0.1, -0.05) is 48.5 Å². The first-order chi connectivity index (χ1) is 15.6. The highest BCUT2D eigenvalue weighted by Crippen LogP contribution is 2.44. The van der Waals surface area contributed by atoms with E-state index in [2.05, 4.69) is 27.4 Å². The SMILES string of the molecule is O=C(N[C@@H](Cc1c[nH]c2cnccc12)C(=O)O)OCC1c2ccccc2-c2ccccc21. The lowest BCUT2D eigenvalue weighted by Gasteiger charge is -2.17. The molecule has 7 nitrogen and oxygen atoms in total. The zero-order valence-electron chi connectivity index (χ0n) is 17.1. The molecule has 4 aromatic rings. The molecule has 0 bridgehead atoms. The van der Waals surface area contributed by atoms with Crippen LogP contribution >= 0.6 is 0 Å². The number of carboxylic acid groups (broad SMARTS) is 1. The Morgan fingerprint density at radius 2 is 1.75 bits per heavy atom. The van der Waals surface area contributed by atoms with Crippen LogP contribution in [-0.4, -0.2) is 39.8 Å². The summed E-state index contributed by atoms with van der Waals surface area (Å²) < 4.78 is 5.50. The molecule has 3 N–H and O–H groups in total. The molecule has 160 valence electrons. The highest BCUT2D eigenvalue weighted by Gasteiger charge is 2.30. The summed E-state index contributed by atoms with van der Waals surface area (Å²) in [6, 6.07) is 16.8. The molecular formula is C25H21N3O4. The second kappa shape index (κ2) is 8.19. The first kappa shape index (κ1) is 19.8. The molecule has 0 saturated carbocycles. The Kier molecular flexibility index (Phi) is 5.07. The molecule has 1 amide bonds. The number of carbonyl (C=O) groups is 2. The van der Waals surface area contributed by atoms with Crippen molar-refractivity contribution in [3.8, 4) is 11.1 Å². The van der Waals surface area contributed by atoms with E-state index in [0.717, 1.165) is 38.7 Å². The van der Waals surface area contributed by atoms with Crippen LogP contribution in [0.3, 0.4) is 0 Å². The summed E-state index contributed by atoms with van der Waals surface area (Å²) in [6.45, 7) is 0.130. The maximum Gasteiger partial charge on any atom is 0.407 e. The topological polar surface area (TPSA) is 104 Å². The van der Waals surface area contributed by atoms with Crippen LogP contribution in [0.25, 0.3) is 22.0 Å². The van der Waals surface area contributed by atoms with E-state index < -0.39 is 18.1 Å². The van der Waals surface area contributed by atoms with Crippen molar-refractivity contribution < 1.29 is 19.4 Å². The van der Waals surface area contributed by atoms with Crippen molar-refractivity contribution in [2.24, 2.45) is 0 Å². The van der Waals surface area contributed by atoms with Crippen molar-refractivity contribution in [2.45, 2.75) is 18.4 Å². The smallest absolute Gasteiger partial charge is 0.407 e. The molecule has 7 heteroatoms. The second-order valence-electron chi connectivity index (χ2n) is 7.80. The van der Waals surface area contributed by atoms with Crippen LogP contribution in [0.4, 0.5) is 4.79 Å². The average Bonchev–Trinajstić information content (AvgIpc) is 3.36. The number of aromatic nitrogens is 2. The first-order valence-corrected chi connectivity index (χ1v) is 10.4. The van der Waals surface area contributed by atoms with Gasteiger partial charge in [0.15, 0.2) is 0 Å². The fourth-order valence-corrected chi connectivity index (χ4v) is 4.40. The Balaban J connectivity index is 1.28. The summed E-state index contributed by atoms with van der Waals surface area (Å²) in [7, 11) is 0. The lowest BCUT2D eigenvalue weighted by atomic mass is 9.98. The third kappa shape index (κ3) is 3.58. The van der Waals surface area contributed by atoms with Gasteiger partial charge in [-0.15, -0.1) is 0 Å². The number of hydrogen-bond acceptors (Lipinski definition) is 4. The number of nitrogens with zero attached hydrogens (tertiary/aromatic N) is 1. The molecule has 32 heavy (non-hydrogen) atoms. The summed E-state index contributed by atoms with van der Waals surface area (Å²) in [5.74, 6) is -1.21. The molecule has 1 atom stereocenters. The van der Waals surface area contributed by atoms with Gasteiger partial charge in [0.25, 0.3) is 0 Å². The van der Waals surface area contributed by atoms with Crippen LogP contribution in [0.15, 0.2) is 73.2 Å². The molecule has 1 aliphatic carbocycles. The molecule has 2 aromatic carbocycles. The number of pyridine rings is 1. The minimum Gasteiger partial charge on any atom is -0.480 e. The highest BCUT2D eigenvalue weighted by atomic mass is 16.5. The van der Waals surface area contributed by atoms with Gasteiger partial charge < -0.3 is 20.1 Å². The minimum atomic E-state index is -1.12. The molecule has 0 aliphatic heterocycles. The number of carboxylic acids is 1. The fraction of sp³-hybridized carbons (Fsp3) is 0.160. The Labute approximate surface area is 184 Å². The number of benzene rings is 2. The standard InChI is InChI=1S/C25H21N3O4/c29-24(30)22(11-15-12-27-23-13-26-10-9-16(15)23)28-25(31)32-14-21-19-7-3-1-5-17(19)18-6-2-4-8-20(18)21/h1-10,12-13,21-22,27H,11,14H2,(H,28,31)(H,29,30)/t22-/m0/s1. The number of amides is 1. The van der Waals surface area contributed by atoms with E-state index in [-0.39, 0.29) is 18.9 Å². The Morgan fingerprint density at radius 3 is 2.44 bits per heavy atom. The van der Waals surface area contributed by atoms with Crippen LogP contribution in [0, 0.1) is 0 Å². The van der Waals surface area contributed by atoms with Gasteiger partial charge in [-0.3, -0.25) is 4.98 Å². The number of rotatable bonds is 6. The molecule has 0 unspecified atom stereocenters.